The molecule has 8 nitrogen and oxygen atoms in total. The lowest BCUT2D eigenvalue weighted by molar-refractivity contribution is 0.0695. The van der Waals surface area contributed by atoms with Gasteiger partial charge in [0.2, 0.25) is 10.0 Å². The predicted octanol–water partition coefficient (Wildman–Crippen LogP) is 0.498. The van der Waals surface area contributed by atoms with E-state index >= 15 is 0 Å². The van der Waals surface area contributed by atoms with Crippen molar-refractivity contribution >= 4 is 21.9 Å². The van der Waals surface area contributed by atoms with Gasteiger partial charge in [0.15, 0.2) is 0 Å². The van der Waals surface area contributed by atoms with Gasteiger partial charge < -0.3 is 10.4 Å². The Morgan fingerprint density at radius 1 is 1.08 bits per heavy atom. The molecule has 9 heteroatoms. The molecule has 0 fully saturated rings. The number of carboxylic acids is 1. The van der Waals surface area contributed by atoms with E-state index in [0.717, 1.165) is 11.8 Å². The molecule has 4 N–H and O–H groups in total. The summed E-state index contributed by atoms with van der Waals surface area (Å²) in [6, 6.07) is 9.22. The van der Waals surface area contributed by atoms with Gasteiger partial charge in [-0.2, -0.15) is 0 Å². The van der Waals surface area contributed by atoms with Crippen molar-refractivity contribution in [3.8, 4) is 0 Å². The second-order valence-corrected chi connectivity index (χ2v) is 6.66. The number of carbonyl (C=O) groups is 2. The summed E-state index contributed by atoms with van der Waals surface area (Å²) in [5.74, 6) is -1.81. The summed E-state index contributed by atoms with van der Waals surface area (Å²) < 4.78 is 22.0. The van der Waals surface area contributed by atoms with Gasteiger partial charge in [-0.15, -0.1) is 0 Å². The molecule has 1 aromatic carbocycles. The van der Waals surface area contributed by atoms with Crippen LogP contribution in [0.2, 0.25) is 0 Å². The first-order valence-corrected chi connectivity index (χ1v) is 8.52. The number of rotatable bonds is 6. The minimum Gasteiger partial charge on any atom is -0.478 e. The largest absolute Gasteiger partial charge is 0.478 e. The number of aromatic nitrogens is 1. The van der Waals surface area contributed by atoms with E-state index in [-0.39, 0.29) is 23.6 Å². The molecule has 1 heterocycles. The van der Waals surface area contributed by atoms with Gasteiger partial charge in [0.25, 0.3) is 5.91 Å². The number of nitrogens with two attached hydrogens (primary N) is 1. The number of hydrogen-bond acceptors (Lipinski definition) is 5. The maximum atomic E-state index is 11.9. The summed E-state index contributed by atoms with van der Waals surface area (Å²) in [5.41, 5.74) is 1.42. The number of aromatic carboxylic acids is 1. The molecule has 0 saturated carbocycles. The van der Waals surface area contributed by atoms with Crippen molar-refractivity contribution in [3.63, 3.8) is 0 Å². The molecule has 1 amide bonds. The van der Waals surface area contributed by atoms with Crippen LogP contribution in [0.3, 0.4) is 0 Å². The number of benzene rings is 1. The monoisotopic (exact) mass is 349 g/mol. The molecule has 0 aliphatic carbocycles. The van der Waals surface area contributed by atoms with E-state index in [4.69, 9.17) is 10.2 Å². The third-order valence-corrected chi connectivity index (χ3v) is 3.82. The van der Waals surface area contributed by atoms with Gasteiger partial charge in [0.05, 0.1) is 11.3 Å². The summed E-state index contributed by atoms with van der Waals surface area (Å²) in [6.07, 6.45) is 1.11. The van der Waals surface area contributed by atoms with Crippen molar-refractivity contribution in [2.45, 2.75) is 12.3 Å². The standard InChI is InChI=1S/C15H15N3O5S/c16-24(22,23)9-11-3-1-10(2-4-11)7-18-14(19)13-6-5-12(8-17-13)15(20)21/h1-6,8H,7,9H2,(H,18,19)(H,20,21)(H2,16,22,23). The minimum absolute atomic E-state index is 0.00278. The highest BCUT2D eigenvalue weighted by Gasteiger charge is 2.09. The Balaban J connectivity index is 1.95. The summed E-state index contributed by atoms with van der Waals surface area (Å²) in [4.78, 5) is 26.5. The van der Waals surface area contributed by atoms with E-state index in [1.165, 1.54) is 12.1 Å². The zero-order valence-corrected chi connectivity index (χ0v) is 13.3. The zero-order valence-electron chi connectivity index (χ0n) is 12.5. The van der Waals surface area contributed by atoms with Crippen LogP contribution < -0.4 is 10.5 Å². The van der Waals surface area contributed by atoms with Crippen LogP contribution >= 0.6 is 0 Å². The lowest BCUT2D eigenvalue weighted by atomic mass is 10.1. The van der Waals surface area contributed by atoms with Gasteiger partial charge in [0, 0.05) is 12.7 Å². The fraction of sp³-hybridized carbons (Fsp3) is 0.133. The Labute approximate surface area is 138 Å². The fourth-order valence-electron chi connectivity index (χ4n) is 1.91. The lowest BCUT2D eigenvalue weighted by Crippen LogP contribution is -2.24. The molecule has 2 rings (SSSR count). The van der Waals surface area contributed by atoms with E-state index in [9.17, 15) is 18.0 Å². The van der Waals surface area contributed by atoms with Crippen LogP contribution in [0, 0.1) is 0 Å². The zero-order chi connectivity index (χ0) is 17.7. The number of primary sulfonamides is 1. The third-order valence-electron chi connectivity index (χ3n) is 3.09. The lowest BCUT2D eigenvalue weighted by Gasteiger charge is -2.06. The molecule has 0 radical (unpaired) electrons. The molecule has 0 aliphatic rings. The van der Waals surface area contributed by atoms with E-state index in [1.54, 1.807) is 24.3 Å². The summed E-state index contributed by atoms with van der Waals surface area (Å²) >= 11 is 0. The summed E-state index contributed by atoms with van der Waals surface area (Å²) in [7, 11) is -3.58. The Kier molecular flexibility index (Phi) is 5.27. The number of carbonyl (C=O) groups excluding carboxylic acids is 1. The highest BCUT2D eigenvalue weighted by atomic mass is 32.2. The van der Waals surface area contributed by atoms with Crippen LogP contribution in [0.5, 0.6) is 0 Å². The molecule has 126 valence electrons. The van der Waals surface area contributed by atoms with E-state index in [0.29, 0.717) is 5.56 Å². The molecular weight excluding hydrogens is 334 g/mol. The molecule has 0 saturated heterocycles. The van der Waals surface area contributed by atoms with Gasteiger partial charge in [-0.3, -0.25) is 9.78 Å². The number of sulfonamides is 1. The maximum absolute atomic E-state index is 11.9. The molecule has 0 aliphatic heterocycles. The van der Waals surface area contributed by atoms with Crippen molar-refractivity contribution in [2.75, 3.05) is 0 Å². The molecule has 1 aromatic heterocycles. The second kappa shape index (κ2) is 7.20. The highest BCUT2D eigenvalue weighted by Crippen LogP contribution is 2.07. The number of hydrogen-bond donors (Lipinski definition) is 3. The highest BCUT2D eigenvalue weighted by molar-refractivity contribution is 7.88. The molecule has 24 heavy (non-hydrogen) atoms. The molecule has 0 bridgehead atoms. The van der Waals surface area contributed by atoms with Crippen molar-refractivity contribution in [1.82, 2.24) is 10.3 Å². The summed E-state index contributed by atoms with van der Waals surface area (Å²) in [6.45, 7) is 0.219. The molecule has 0 spiro atoms. The number of amides is 1. The molecule has 0 unspecified atom stereocenters. The number of nitrogens with zero attached hydrogens (tertiary/aromatic N) is 1. The average Bonchev–Trinajstić information content (AvgIpc) is 2.52. The van der Waals surface area contributed by atoms with Crippen molar-refractivity contribution in [3.05, 3.63) is 65.0 Å². The topological polar surface area (TPSA) is 139 Å². The SMILES string of the molecule is NS(=O)(=O)Cc1ccc(CNC(=O)c2ccc(C(=O)O)cn2)cc1. The van der Waals surface area contributed by atoms with Crippen molar-refractivity contribution < 1.29 is 23.1 Å². The van der Waals surface area contributed by atoms with Crippen LogP contribution in [-0.2, 0) is 22.3 Å². The maximum Gasteiger partial charge on any atom is 0.337 e. The quantitative estimate of drug-likeness (QED) is 0.694. The first kappa shape index (κ1) is 17.6. The van der Waals surface area contributed by atoms with E-state index in [1.807, 2.05) is 0 Å². The smallest absolute Gasteiger partial charge is 0.337 e. The Hall–Kier alpha value is -2.78. The van der Waals surface area contributed by atoms with Crippen LogP contribution in [-0.4, -0.2) is 30.4 Å². The second-order valence-electron chi connectivity index (χ2n) is 5.04. The van der Waals surface area contributed by atoms with Crippen LogP contribution in [0.1, 0.15) is 32.0 Å². The fourth-order valence-corrected chi connectivity index (χ4v) is 2.57. The average molecular weight is 349 g/mol. The van der Waals surface area contributed by atoms with Crippen LogP contribution in [0.25, 0.3) is 0 Å². The van der Waals surface area contributed by atoms with Gasteiger partial charge in [-0.1, -0.05) is 24.3 Å². The molecule has 2 aromatic rings. The number of pyridine rings is 1. The van der Waals surface area contributed by atoms with Gasteiger partial charge in [0.1, 0.15) is 5.69 Å². The Morgan fingerprint density at radius 3 is 2.21 bits per heavy atom. The van der Waals surface area contributed by atoms with Gasteiger partial charge >= 0.3 is 5.97 Å². The predicted molar refractivity (Wildman–Crippen MR) is 85.6 cm³/mol. The number of carboxylic acid groups (broad SMARTS) is 1. The Morgan fingerprint density at radius 2 is 1.71 bits per heavy atom. The van der Waals surface area contributed by atoms with Crippen molar-refractivity contribution in [1.29, 1.82) is 0 Å². The Bertz CT molecular complexity index is 846. The first-order valence-electron chi connectivity index (χ1n) is 6.80. The first-order chi connectivity index (χ1) is 11.2. The van der Waals surface area contributed by atoms with Gasteiger partial charge in [-0.25, -0.2) is 18.4 Å². The minimum atomic E-state index is -3.58. The van der Waals surface area contributed by atoms with E-state index in [2.05, 4.69) is 10.3 Å². The molecular formula is C15H15N3O5S. The molecule has 0 atom stereocenters. The van der Waals surface area contributed by atoms with Gasteiger partial charge in [-0.05, 0) is 23.3 Å². The van der Waals surface area contributed by atoms with E-state index < -0.39 is 21.9 Å². The third kappa shape index (κ3) is 5.14. The van der Waals surface area contributed by atoms with Crippen LogP contribution in [0.4, 0.5) is 0 Å². The van der Waals surface area contributed by atoms with Crippen molar-refractivity contribution in [2.24, 2.45) is 5.14 Å². The normalized spacial score (nSPS) is 11.0. The number of nitrogens with one attached hydrogen (secondary N) is 1. The summed E-state index contributed by atoms with van der Waals surface area (Å²) in [5, 5.41) is 16.4. The van der Waals surface area contributed by atoms with Crippen LogP contribution in [0.15, 0.2) is 42.6 Å².